The molecule has 0 aromatic rings. The number of piperidine rings is 2. The molecule has 3 N–H and O–H groups in total. The second kappa shape index (κ2) is 5.24. The molecule has 4 nitrogen and oxygen atoms in total. The Bertz CT molecular complexity index is 346. The molecule has 20 heavy (non-hydrogen) atoms. The maximum Gasteiger partial charge on any atom is 0.108 e. The van der Waals surface area contributed by atoms with Crippen molar-refractivity contribution in [3.63, 3.8) is 0 Å². The van der Waals surface area contributed by atoms with E-state index in [4.69, 9.17) is 0 Å². The van der Waals surface area contributed by atoms with Crippen LogP contribution in [0.3, 0.4) is 0 Å². The van der Waals surface area contributed by atoms with Crippen LogP contribution in [0, 0.1) is 17.8 Å². The number of hydrogen-bond donors (Lipinski definition) is 3. The Morgan fingerprint density at radius 2 is 1.70 bits per heavy atom. The fraction of sp³-hybridized carbons (Fsp3) is 1.00. The molecule has 2 aliphatic heterocycles. The van der Waals surface area contributed by atoms with E-state index in [1.807, 2.05) is 6.92 Å². The number of aliphatic hydroxyl groups excluding tert-OH is 2. The van der Waals surface area contributed by atoms with Crippen molar-refractivity contribution in [3.8, 4) is 0 Å². The first-order valence-corrected chi connectivity index (χ1v) is 8.20. The molecule has 0 amide bonds. The fourth-order valence-corrected chi connectivity index (χ4v) is 4.97. The summed E-state index contributed by atoms with van der Waals surface area (Å²) < 4.78 is 0. The van der Waals surface area contributed by atoms with Gasteiger partial charge in [-0.15, -0.1) is 0 Å². The fourth-order valence-electron chi connectivity index (χ4n) is 4.97. The van der Waals surface area contributed by atoms with Gasteiger partial charge in [-0.25, -0.2) is 0 Å². The molecule has 4 bridgehead atoms. The van der Waals surface area contributed by atoms with E-state index in [0.717, 1.165) is 38.5 Å². The van der Waals surface area contributed by atoms with Crippen LogP contribution in [0.2, 0.25) is 0 Å². The first-order valence-electron chi connectivity index (χ1n) is 8.20. The minimum Gasteiger partial charge on any atom is -0.396 e. The Labute approximate surface area is 121 Å². The van der Waals surface area contributed by atoms with Gasteiger partial charge in [-0.05, 0) is 56.3 Å². The molecule has 0 radical (unpaired) electrons. The van der Waals surface area contributed by atoms with E-state index in [2.05, 4.69) is 11.8 Å². The molecule has 5 unspecified atom stereocenters. The molecule has 0 aromatic carbocycles. The summed E-state index contributed by atoms with van der Waals surface area (Å²) in [5.41, 5.74) is -0.448. The van der Waals surface area contributed by atoms with Crippen molar-refractivity contribution in [3.05, 3.63) is 0 Å². The van der Waals surface area contributed by atoms with Crippen molar-refractivity contribution in [1.29, 1.82) is 0 Å². The van der Waals surface area contributed by atoms with Crippen molar-refractivity contribution in [1.82, 2.24) is 4.90 Å². The average Bonchev–Trinajstić information content (AvgIpc) is 2.34. The number of hydrogen-bond acceptors (Lipinski definition) is 4. The number of aliphatic hydroxyl groups is 3. The molecule has 4 aliphatic rings. The van der Waals surface area contributed by atoms with Gasteiger partial charge in [0.05, 0.1) is 5.60 Å². The molecule has 4 rings (SSSR count). The molecule has 2 heterocycles. The molecular weight excluding hydrogens is 254 g/mol. The standard InChI is InChI=1S/C16H29NO3/c1-10(11(2)9-18)3-15(19)17-13-4-12-5-14(17)8-16(20,6-12)7-13/h10-15,18-20H,3-9H2,1-2H3. The minimum atomic E-state index is -0.448. The summed E-state index contributed by atoms with van der Waals surface area (Å²) in [7, 11) is 0. The Kier molecular flexibility index (Phi) is 3.87. The van der Waals surface area contributed by atoms with E-state index in [1.165, 1.54) is 0 Å². The third-order valence-electron chi connectivity index (χ3n) is 6.14. The van der Waals surface area contributed by atoms with Gasteiger partial charge in [0.25, 0.3) is 0 Å². The lowest BCUT2D eigenvalue weighted by Gasteiger charge is -2.61. The Morgan fingerprint density at radius 1 is 1.10 bits per heavy atom. The molecule has 4 heteroatoms. The van der Waals surface area contributed by atoms with Gasteiger partial charge < -0.3 is 15.3 Å². The van der Waals surface area contributed by atoms with Crippen molar-refractivity contribution in [2.45, 2.75) is 76.3 Å². The van der Waals surface area contributed by atoms with Gasteiger partial charge in [0, 0.05) is 18.7 Å². The van der Waals surface area contributed by atoms with E-state index in [-0.39, 0.29) is 12.5 Å². The zero-order chi connectivity index (χ0) is 14.5. The van der Waals surface area contributed by atoms with Crippen LogP contribution in [0.4, 0.5) is 0 Å². The van der Waals surface area contributed by atoms with Crippen molar-refractivity contribution in [2.75, 3.05) is 6.61 Å². The molecular formula is C16H29NO3. The van der Waals surface area contributed by atoms with E-state index in [1.54, 1.807) is 0 Å². The summed E-state index contributed by atoms with van der Waals surface area (Å²) in [5.74, 6) is 1.21. The van der Waals surface area contributed by atoms with Crippen LogP contribution in [-0.2, 0) is 0 Å². The summed E-state index contributed by atoms with van der Waals surface area (Å²) in [6, 6.07) is 0.718. The first-order chi connectivity index (χ1) is 9.42. The predicted octanol–water partition coefficient (Wildman–Crippen LogP) is 1.34. The SMILES string of the molecule is CC(CO)C(C)CC(O)N1C2CC3CC1CC(O)(C3)C2. The van der Waals surface area contributed by atoms with Crippen molar-refractivity contribution in [2.24, 2.45) is 17.8 Å². The zero-order valence-corrected chi connectivity index (χ0v) is 12.7. The third kappa shape index (κ3) is 2.52. The molecule has 116 valence electrons. The number of rotatable bonds is 5. The molecule has 0 spiro atoms. The molecule has 2 saturated carbocycles. The normalized spacial score (nSPS) is 44.5. The smallest absolute Gasteiger partial charge is 0.108 e. The molecule has 0 aromatic heterocycles. The quantitative estimate of drug-likeness (QED) is 0.712. The van der Waals surface area contributed by atoms with Crippen LogP contribution >= 0.6 is 0 Å². The van der Waals surface area contributed by atoms with Crippen molar-refractivity contribution >= 4 is 0 Å². The Morgan fingerprint density at radius 3 is 2.20 bits per heavy atom. The van der Waals surface area contributed by atoms with Gasteiger partial charge in [0.2, 0.25) is 0 Å². The topological polar surface area (TPSA) is 63.9 Å². The van der Waals surface area contributed by atoms with Gasteiger partial charge in [-0.1, -0.05) is 13.8 Å². The van der Waals surface area contributed by atoms with Crippen molar-refractivity contribution < 1.29 is 15.3 Å². The van der Waals surface area contributed by atoms with Gasteiger partial charge in [-0.2, -0.15) is 0 Å². The van der Waals surface area contributed by atoms with E-state index >= 15 is 0 Å². The lowest BCUT2D eigenvalue weighted by Crippen LogP contribution is -2.66. The van der Waals surface area contributed by atoms with Crippen LogP contribution in [-0.4, -0.2) is 50.7 Å². The van der Waals surface area contributed by atoms with Crippen LogP contribution in [0.1, 0.15) is 52.4 Å². The zero-order valence-electron chi connectivity index (χ0n) is 12.7. The summed E-state index contributed by atoms with van der Waals surface area (Å²) in [4.78, 5) is 2.28. The van der Waals surface area contributed by atoms with Crippen LogP contribution in [0.5, 0.6) is 0 Å². The third-order valence-corrected chi connectivity index (χ3v) is 6.14. The average molecular weight is 283 g/mol. The summed E-state index contributed by atoms with van der Waals surface area (Å²) in [5, 5.41) is 30.4. The summed E-state index contributed by atoms with van der Waals surface area (Å²) in [6.07, 6.45) is 5.22. The van der Waals surface area contributed by atoms with E-state index < -0.39 is 11.8 Å². The molecule has 2 aliphatic carbocycles. The first kappa shape index (κ1) is 14.8. The largest absolute Gasteiger partial charge is 0.396 e. The van der Waals surface area contributed by atoms with Crippen LogP contribution < -0.4 is 0 Å². The molecule has 4 fully saturated rings. The lowest BCUT2D eigenvalue weighted by molar-refractivity contribution is -0.201. The predicted molar refractivity (Wildman–Crippen MR) is 77.0 cm³/mol. The maximum absolute atomic E-state index is 10.6. The minimum absolute atomic E-state index is 0.183. The lowest BCUT2D eigenvalue weighted by atomic mass is 9.61. The Hall–Kier alpha value is -0.160. The highest BCUT2D eigenvalue weighted by atomic mass is 16.3. The number of nitrogens with zero attached hydrogens (tertiary/aromatic N) is 1. The summed E-state index contributed by atoms with van der Waals surface area (Å²) >= 11 is 0. The van der Waals surface area contributed by atoms with E-state index in [9.17, 15) is 15.3 Å². The molecule has 5 atom stereocenters. The van der Waals surface area contributed by atoms with E-state index in [0.29, 0.717) is 23.9 Å². The van der Waals surface area contributed by atoms with Crippen LogP contribution in [0.15, 0.2) is 0 Å². The maximum atomic E-state index is 10.6. The van der Waals surface area contributed by atoms with Gasteiger partial charge in [0.15, 0.2) is 0 Å². The van der Waals surface area contributed by atoms with Gasteiger partial charge in [0.1, 0.15) is 6.23 Å². The highest BCUT2D eigenvalue weighted by molar-refractivity contribution is 5.08. The van der Waals surface area contributed by atoms with Gasteiger partial charge >= 0.3 is 0 Å². The molecule has 2 saturated heterocycles. The highest BCUT2D eigenvalue weighted by Crippen LogP contribution is 2.52. The summed E-state index contributed by atoms with van der Waals surface area (Å²) in [6.45, 7) is 4.32. The Balaban J connectivity index is 1.66. The highest BCUT2D eigenvalue weighted by Gasteiger charge is 2.55. The second-order valence-electron chi connectivity index (χ2n) is 7.78. The van der Waals surface area contributed by atoms with Gasteiger partial charge in [-0.3, -0.25) is 4.90 Å². The second-order valence-corrected chi connectivity index (χ2v) is 7.78. The van der Waals surface area contributed by atoms with Crippen LogP contribution in [0.25, 0.3) is 0 Å². The monoisotopic (exact) mass is 283 g/mol.